The van der Waals surface area contributed by atoms with Crippen molar-refractivity contribution in [1.29, 1.82) is 0 Å². The van der Waals surface area contributed by atoms with Gasteiger partial charge in [0, 0.05) is 0 Å². The van der Waals surface area contributed by atoms with Crippen LogP contribution in [0.1, 0.15) is 6.92 Å². The molecule has 0 bridgehead atoms. The molecule has 40 valence electrons. The Hall–Kier alpha value is -0.920. The second-order valence-corrected chi connectivity index (χ2v) is 1.11. The van der Waals surface area contributed by atoms with Gasteiger partial charge in [0.15, 0.2) is 0 Å². The van der Waals surface area contributed by atoms with E-state index in [-0.39, 0.29) is 0 Å². The first-order valence-electron chi connectivity index (χ1n) is 1.88. The Morgan fingerprint density at radius 1 is 1.86 bits per heavy atom. The fourth-order valence-electron chi connectivity index (χ4n) is 0.147. The lowest BCUT2D eigenvalue weighted by Gasteiger charge is -1.91. The summed E-state index contributed by atoms with van der Waals surface area (Å²) in [6.45, 7) is 5.10. The summed E-state index contributed by atoms with van der Waals surface area (Å²) in [7, 11) is 0. The van der Waals surface area contributed by atoms with Crippen molar-refractivity contribution in [2.45, 2.75) is 6.92 Å². The fourth-order valence-corrected chi connectivity index (χ4v) is 0.147. The molecule has 0 aromatic rings. The molecule has 0 aromatic heterocycles. The van der Waals surface area contributed by atoms with Gasteiger partial charge >= 0.3 is 0 Å². The van der Waals surface area contributed by atoms with Crippen molar-refractivity contribution in [1.82, 2.24) is 0 Å². The van der Waals surface area contributed by atoms with E-state index in [2.05, 4.69) is 11.3 Å². The minimum Gasteiger partial charge on any atom is -0.512 e. The molecule has 0 atom stereocenters. The Kier molecular flexibility index (Phi) is 2.85. The average molecular weight is 100 g/mol. The van der Waals surface area contributed by atoms with Crippen LogP contribution in [0.15, 0.2) is 24.9 Å². The van der Waals surface area contributed by atoms with Gasteiger partial charge in [-0.1, -0.05) is 6.58 Å². The number of hydrogen-bond donors (Lipinski definition) is 1. The summed E-state index contributed by atoms with van der Waals surface area (Å²) < 4.78 is 4.57. The average Bonchev–Trinajstić information content (AvgIpc) is 1.61. The molecule has 0 heterocycles. The van der Waals surface area contributed by atoms with Gasteiger partial charge in [-0.25, -0.2) is 0 Å². The van der Waals surface area contributed by atoms with Crippen molar-refractivity contribution in [2.24, 2.45) is 0 Å². The lowest BCUT2D eigenvalue weighted by atomic mass is 10.7. The van der Waals surface area contributed by atoms with Crippen LogP contribution in [0.5, 0.6) is 0 Å². The third-order valence-electron chi connectivity index (χ3n) is 0.330. The van der Waals surface area contributed by atoms with Crippen LogP contribution in [0.3, 0.4) is 0 Å². The largest absolute Gasteiger partial charge is 0.512 e. The Labute approximate surface area is 42.7 Å². The summed E-state index contributed by atoms with van der Waals surface area (Å²) in [6, 6.07) is 0. The number of allylic oxidation sites excluding steroid dienone is 1. The van der Waals surface area contributed by atoms with Crippen LogP contribution in [-0.4, -0.2) is 5.11 Å². The zero-order valence-corrected chi connectivity index (χ0v) is 4.22. The summed E-state index contributed by atoms with van der Waals surface area (Å²) in [5.74, 6) is 0.560. The molecule has 2 nitrogen and oxygen atoms in total. The molecule has 0 saturated carbocycles. The molecule has 2 heteroatoms. The highest BCUT2D eigenvalue weighted by molar-refractivity contribution is 4.77. The molecule has 0 unspecified atom stereocenters. The van der Waals surface area contributed by atoms with Crippen molar-refractivity contribution in [3.63, 3.8) is 0 Å². The summed E-state index contributed by atoms with van der Waals surface area (Å²) in [5.41, 5.74) is 0. The SMILES string of the molecule is C=C(C)OC=CO. The van der Waals surface area contributed by atoms with E-state index in [1.54, 1.807) is 6.92 Å². The van der Waals surface area contributed by atoms with Crippen molar-refractivity contribution >= 4 is 0 Å². The van der Waals surface area contributed by atoms with Gasteiger partial charge < -0.3 is 9.84 Å². The van der Waals surface area contributed by atoms with Gasteiger partial charge in [0.25, 0.3) is 0 Å². The second kappa shape index (κ2) is 3.28. The maximum atomic E-state index is 7.97. The Morgan fingerprint density at radius 2 is 2.43 bits per heavy atom. The molecule has 0 fully saturated rings. The van der Waals surface area contributed by atoms with Crippen LogP contribution < -0.4 is 0 Å². The van der Waals surface area contributed by atoms with E-state index in [9.17, 15) is 0 Å². The standard InChI is InChI=1S/C5H8O2/c1-5(2)7-4-3-6/h3-4,6H,1H2,2H3. The van der Waals surface area contributed by atoms with E-state index in [1.807, 2.05) is 0 Å². The van der Waals surface area contributed by atoms with Gasteiger partial charge in [-0.3, -0.25) is 0 Å². The number of hydrogen-bond acceptors (Lipinski definition) is 2. The molecule has 1 N–H and O–H groups in total. The van der Waals surface area contributed by atoms with Crippen LogP contribution >= 0.6 is 0 Å². The maximum Gasteiger partial charge on any atom is 0.125 e. The highest BCUT2D eigenvalue weighted by Crippen LogP contribution is 1.87. The predicted octanol–water partition coefficient (Wildman–Crippen LogP) is 1.57. The highest BCUT2D eigenvalue weighted by atomic mass is 16.5. The number of ether oxygens (including phenoxy) is 1. The molecule has 7 heavy (non-hydrogen) atoms. The quantitative estimate of drug-likeness (QED) is 0.533. The van der Waals surface area contributed by atoms with Gasteiger partial charge in [0.1, 0.15) is 12.5 Å². The van der Waals surface area contributed by atoms with Crippen LogP contribution in [-0.2, 0) is 4.74 Å². The monoisotopic (exact) mass is 100 g/mol. The molecule has 0 amide bonds. The number of rotatable bonds is 2. The lowest BCUT2D eigenvalue weighted by Crippen LogP contribution is -1.71. The molecular formula is C5H8O2. The normalized spacial score (nSPS) is 9.29. The van der Waals surface area contributed by atoms with Crippen LogP contribution in [0.2, 0.25) is 0 Å². The molecular weight excluding hydrogens is 92.1 g/mol. The lowest BCUT2D eigenvalue weighted by molar-refractivity contribution is 0.331. The third-order valence-corrected chi connectivity index (χ3v) is 0.330. The van der Waals surface area contributed by atoms with E-state index >= 15 is 0 Å². The molecule has 0 rings (SSSR count). The summed E-state index contributed by atoms with van der Waals surface area (Å²) in [4.78, 5) is 0. The van der Waals surface area contributed by atoms with Gasteiger partial charge in [-0.2, -0.15) is 0 Å². The summed E-state index contributed by atoms with van der Waals surface area (Å²) in [5, 5.41) is 7.97. The fraction of sp³-hybridized carbons (Fsp3) is 0.200. The molecule has 0 aromatic carbocycles. The maximum absolute atomic E-state index is 7.97. The first-order chi connectivity index (χ1) is 3.27. The highest BCUT2D eigenvalue weighted by Gasteiger charge is 1.72. The molecule has 0 radical (unpaired) electrons. The minimum atomic E-state index is 0.560. The minimum absolute atomic E-state index is 0.560. The van der Waals surface area contributed by atoms with Gasteiger partial charge in [0.2, 0.25) is 0 Å². The molecule has 0 saturated heterocycles. The van der Waals surface area contributed by atoms with E-state index < -0.39 is 0 Å². The summed E-state index contributed by atoms with van der Waals surface area (Å²) >= 11 is 0. The Balaban J connectivity index is 3.14. The Morgan fingerprint density at radius 3 is 2.57 bits per heavy atom. The van der Waals surface area contributed by atoms with Crippen molar-refractivity contribution in [3.8, 4) is 0 Å². The zero-order chi connectivity index (χ0) is 5.70. The summed E-state index contributed by atoms with van der Waals surface area (Å²) in [6.07, 6.45) is 1.97. The molecule has 0 aliphatic heterocycles. The van der Waals surface area contributed by atoms with Gasteiger partial charge in [0.05, 0.1) is 5.76 Å². The van der Waals surface area contributed by atoms with Gasteiger partial charge in [-0.15, -0.1) is 0 Å². The van der Waals surface area contributed by atoms with E-state index in [4.69, 9.17) is 5.11 Å². The second-order valence-electron chi connectivity index (χ2n) is 1.11. The van der Waals surface area contributed by atoms with Crippen LogP contribution in [0, 0.1) is 0 Å². The first-order valence-corrected chi connectivity index (χ1v) is 1.88. The predicted molar refractivity (Wildman–Crippen MR) is 27.7 cm³/mol. The van der Waals surface area contributed by atoms with E-state index in [0.717, 1.165) is 12.5 Å². The molecule has 0 aliphatic carbocycles. The molecule has 0 spiro atoms. The number of aliphatic hydroxyl groups excluding tert-OH is 1. The van der Waals surface area contributed by atoms with Crippen molar-refractivity contribution in [3.05, 3.63) is 24.9 Å². The van der Waals surface area contributed by atoms with Gasteiger partial charge in [-0.05, 0) is 6.92 Å². The van der Waals surface area contributed by atoms with E-state index in [0.29, 0.717) is 5.76 Å². The third kappa shape index (κ3) is 5.08. The van der Waals surface area contributed by atoms with Crippen molar-refractivity contribution < 1.29 is 9.84 Å². The smallest absolute Gasteiger partial charge is 0.125 e. The molecule has 0 aliphatic rings. The van der Waals surface area contributed by atoms with Crippen LogP contribution in [0.25, 0.3) is 0 Å². The van der Waals surface area contributed by atoms with Crippen LogP contribution in [0.4, 0.5) is 0 Å². The Bertz CT molecular complexity index is 84.1. The first kappa shape index (κ1) is 6.08. The van der Waals surface area contributed by atoms with E-state index in [1.165, 1.54) is 0 Å². The zero-order valence-electron chi connectivity index (χ0n) is 4.22. The van der Waals surface area contributed by atoms with Crippen molar-refractivity contribution in [2.75, 3.05) is 0 Å². The topological polar surface area (TPSA) is 29.5 Å². The number of aliphatic hydroxyl groups is 1.